The highest BCUT2D eigenvalue weighted by atomic mass is 35.5. The number of carbonyl (C=O) groups excluding carboxylic acids is 1. The number of nitrogens with zero attached hydrogens (tertiary/aromatic N) is 6. The van der Waals surface area contributed by atoms with Crippen molar-refractivity contribution in [3.8, 4) is 17.1 Å². The second-order valence-corrected chi connectivity index (χ2v) is 13.1. The fraction of sp³-hybridized carbons (Fsp3) is 0.455. The first-order valence-electron chi connectivity index (χ1n) is 15.6. The first-order chi connectivity index (χ1) is 21.9. The van der Waals surface area contributed by atoms with Crippen molar-refractivity contribution in [1.82, 2.24) is 30.0 Å². The molecule has 0 spiro atoms. The van der Waals surface area contributed by atoms with Gasteiger partial charge in [-0.15, -0.1) is 0 Å². The molecule has 1 amide bonds. The maximum absolute atomic E-state index is 16.9. The fourth-order valence-corrected chi connectivity index (χ4v) is 6.88. The highest BCUT2D eigenvalue weighted by Gasteiger charge is 2.34. The van der Waals surface area contributed by atoms with Crippen LogP contribution >= 0.6 is 11.6 Å². The van der Waals surface area contributed by atoms with Crippen molar-refractivity contribution in [2.75, 3.05) is 50.0 Å². The van der Waals surface area contributed by atoms with Gasteiger partial charge in [0.25, 0.3) is 0 Å². The Kier molecular flexibility index (Phi) is 8.53. The number of nitrogens with two attached hydrogens (primary N) is 1. The number of aryl methyl sites for hydroxylation is 1. The number of carbonyl (C=O) groups is 1. The van der Waals surface area contributed by atoms with Crippen LogP contribution in [0.1, 0.15) is 39.2 Å². The lowest BCUT2D eigenvalue weighted by Gasteiger charge is -2.44. The Bertz CT molecular complexity index is 1820. The minimum Gasteiger partial charge on any atom is -0.462 e. The highest BCUT2D eigenvalue weighted by Crippen LogP contribution is 2.44. The standard InChI is InChI=1S/C33H39ClF2N8O2/c1-6-24(45)43-16-20(4)44(17-19(43)3)31-21-15-22(34)26(25-18(2)7-8-23-27(25)30(37)41-40-23)28(35)29(21)38-32(39-31)46-14-13-42-11-9-33(5,36)10-12-42/h6-8,15,19-20H,1,9-14,16-17H2,2-5H3,(H3,37,40,41)/t19-,20+/m1/s1. The van der Waals surface area contributed by atoms with Crippen molar-refractivity contribution in [3.05, 3.63) is 47.3 Å². The molecule has 2 aromatic carbocycles. The van der Waals surface area contributed by atoms with Gasteiger partial charge in [0.05, 0.1) is 15.9 Å². The van der Waals surface area contributed by atoms with Crippen molar-refractivity contribution in [2.24, 2.45) is 0 Å². The van der Waals surface area contributed by atoms with E-state index >= 15 is 4.39 Å². The summed E-state index contributed by atoms with van der Waals surface area (Å²) in [4.78, 5) is 27.9. The predicted octanol–water partition coefficient (Wildman–Crippen LogP) is 5.67. The highest BCUT2D eigenvalue weighted by molar-refractivity contribution is 6.35. The van der Waals surface area contributed by atoms with Crippen LogP contribution in [0.3, 0.4) is 0 Å². The molecule has 4 heterocycles. The Morgan fingerprint density at radius 3 is 2.67 bits per heavy atom. The third-order valence-electron chi connectivity index (χ3n) is 9.31. The lowest BCUT2D eigenvalue weighted by Crippen LogP contribution is -2.58. The lowest BCUT2D eigenvalue weighted by atomic mass is 9.94. The minimum absolute atomic E-state index is 0.0178. The summed E-state index contributed by atoms with van der Waals surface area (Å²) in [7, 11) is 0. The van der Waals surface area contributed by atoms with E-state index in [9.17, 15) is 9.18 Å². The van der Waals surface area contributed by atoms with Gasteiger partial charge in [0.2, 0.25) is 5.91 Å². The number of H-pyrrole nitrogens is 1. The summed E-state index contributed by atoms with van der Waals surface area (Å²) in [6.07, 6.45) is 2.23. The van der Waals surface area contributed by atoms with E-state index in [1.165, 1.54) is 6.08 Å². The van der Waals surface area contributed by atoms with Crippen LogP contribution in [0.4, 0.5) is 20.4 Å². The SMILES string of the molecule is C=CC(=O)N1C[C@H](C)N(c2nc(OCCN3CCC(C)(F)CC3)nc3c(F)c(-c4c(C)ccc5[nH]nc(N)c45)c(Cl)cc23)C[C@H]1C. The van der Waals surface area contributed by atoms with E-state index in [4.69, 9.17) is 27.1 Å². The van der Waals surface area contributed by atoms with Crippen LogP contribution in [0.15, 0.2) is 30.9 Å². The van der Waals surface area contributed by atoms with Gasteiger partial charge in [-0.3, -0.25) is 14.8 Å². The zero-order chi connectivity index (χ0) is 32.9. The van der Waals surface area contributed by atoms with Gasteiger partial charge < -0.3 is 20.3 Å². The summed E-state index contributed by atoms with van der Waals surface area (Å²) in [6.45, 7) is 14.0. The molecule has 2 saturated heterocycles. The van der Waals surface area contributed by atoms with Crippen molar-refractivity contribution in [1.29, 1.82) is 0 Å². The molecule has 10 nitrogen and oxygen atoms in total. The number of halogens is 3. The number of anilines is 2. The van der Waals surface area contributed by atoms with Crippen LogP contribution in [0, 0.1) is 12.7 Å². The summed E-state index contributed by atoms with van der Waals surface area (Å²) in [5.74, 6) is -0.0895. The number of aromatic nitrogens is 4. The third-order valence-corrected chi connectivity index (χ3v) is 9.61. The fourth-order valence-electron chi connectivity index (χ4n) is 6.59. The Balaban J connectivity index is 1.44. The summed E-state index contributed by atoms with van der Waals surface area (Å²) in [6, 6.07) is 5.06. The molecular weight excluding hydrogens is 614 g/mol. The predicted molar refractivity (Wildman–Crippen MR) is 178 cm³/mol. The summed E-state index contributed by atoms with van der Waals surface area (Å²) < 4.78 is 37.3. The number of aromatic amines is 1. The number of piperidine rings is 1. The number of nitrogens with one attached hydrogen (secondary N) is 1. The molecule has 244 valence electrons. The molecule has 0 unspecified atom stereocenters. The zero-order valence-electron chi connectivity index (χ0n) is 26.5. The van der Waals surface area contributed by atoms with E-state index in [0.717, 1.165) is 5.56 Å². The Hall–Kier alpha value is -4.03. The monoisotopic (exact) mass is 652 g/mol. The van der Waals surface area contributed by atoms with Gasteiger partial charge in [-0.25, -0.2) is 8.78 Å². The van der Waals surface area contributed by atoms with Crippen LogP contribution in [-0.4, -0.2) is 93.0 Å². The van der Waals surface area contributed by atoms with Crippen molar-refractivity contribution < 1.29 is 18.3 Å². The van der Waals surface area contributed by atoms with Crippen LogP contribution in [0.25, 0.3) is 32.9 Å². The van der Waals surface area contributed by atoms with Gasteiger partial charge in [0, 0.05) is 61.3 Å². The van der Waals surface area contributed by atoms with Crippen molar-refractivity contribution in [3.63, 3.8) is 0 Å². The molecule has 0 bridgehead atoms. The van der Waals surface area contributed by atoms with Gasteiger partial charge >= 0.3 is 6.01 Å². The number of amides is 1. The molecule has 2 atom stereocenters. The molecule has 2 fully saturated rings. The Labute approximate surface area is 271 Å². The normalized spacial score (nSPS) is 20.4. The zero-order valence-corrected chi connectivity index (χ0v) is 27.3. The molecule has 0 aliphatic carbocycles. The number of nitrogen functional groups attached to an aromatic ring is 1. The maximum Gasteiger partial charge on any atom is 0.319 e. The molecule has 3 N–H and O–H groups in total. The average Bonchev–Trinajstić information content (AvgIpc) is 3.40. The summed E-state index contributed by atoms with van der Waals surface area (Å²) in [5.41, 5.74) is 7.23. The number of hydrogen-bond donors (Lipinski definition) is 2. The van der Waals surface area contributed by atoms with E-state index < -0.39 is 11.5 Å². The average molecular weight is 653 g/mol. The second-order valence-electron chi connectivity index (χ2n) is 12.7. The number of benzene rings is 2. The van der Waals surface area contributed by atoms with E-state index in [1.54, 1.807) is 17.9 Å². The molecule has 13 heteroatoms. The first kappa shape index (κ1) is 31.9. The number of fused-ring (bicyclic) bond motifs is 2. The summed E-state index contributed by atoms with van der Waals surface area (Å²) >= 11 is 6.91. The molecule has 2 aromatic heterocycles. The van der Waals surface area contributed by atoms with Crippen molar-refractivity contribution in [2.45, 2.75) is 58.3 Å². The van der Waals surface area contributed by atoms with Gasteiger partial charge in [-0.2, -0.15) is 15.1 Å². The molecular formula is C33H39ClF2N8O2. The first-order valence-corrected chi connectivity index (χ1v) is 15.9. The van der Waals surface area contributed by atoms with E-state index in [0.29, 0.717) is 73.2 Å². The molecule has 0 radical (unpaired) electrons. The van der Waals surface area contributed by atoms with Crippen LogP contribution in [0.2, 0.25) is 5.02 Å². The number of rotatable bonds is 7. The molecule has 46 heavy (non-hydrogen) atoms. The van der Waals surface area contributed by atoms with Gasteiger partial charge in [-0.05, 0) is 64.3 Å². The van der Waals surface area contributed by atoms with Crippen molar-refractivity contribution >= 4 is 50.9 Å². The number of piperazine rings is 1. The van der Waals surface area contributed by atoms with Crippen LogP contribution in [-0.2, 0) is 4.79 Å². The molecule has 2 aliphatic rings. The quantitative estimate of drug-likeness (QED) is 0.245. The van der Waals surface area contributed by atoms with Crippen LogP contribution < -0.4 is 15.4 Å². The Morgan fingerprint density at radius 1 is 1.22 bits per heavy atom. The van der Waals surface area contributed by atoms with Gasteiger partial charge in [0.1, 0.15) is 23.6 Å². The molecule has 6 rings (SSSR count). The van der Waals surface area contributed by atoms with E-state index in [-0.39, 0.29) is 52.5 Å². The minimum atomic E-state index is -1.15. The molecule has 2 aliphatic heterocycles. The smallest absolute Gasteiger partial charge is 0.319 e. The van der Waals surface area contributed by atoms with Gasteiger partial charge in [-0.1, -0.05) is 24.2 Å². The number of ether oxygens (including phenoxy) is 1. The lowest BCUT2D eigenvalue weighted by molar-refractivity contribution is -0.128. The Morgan fingerprint density at radius 2 is 1.96 bits per heavy atom. The molecule has 0 saturated carbocycles. The van der Waals surface area contributed by atoms with E-state index in [2.05, 4.69) is 26.7 Å². The van der Waals surface area contributed by atoms with Gasteiger partial charge in [0.15, 0.2) is 11.6 Å². The van der Waals surface area contributed by atoms with E-state index in [1.807, 2.05) is 37.8 Å². The van der Waals surface area contributed by atoms with Crippen LogP contribution in [0.5, 0.6) is 6.01 Å². The number of alkyl halides is 1. The largest absolute Gasteiger partial charge is 0.462 e. The maximum atomic E-state index is 16.9. The number of likely N-dealkylation sites (tertiary alicyclic amines) is 1. The number of hydrogen-bond acceptors (Lipinski definition) is 8. The second kappa shape index (κ2) is 12.3. The topological polar surface area (TPSA) is 116 Å². The third kappa shape index (κ3) is 5.84. The summed E-state index contributed by atoms with van der Waals surface area (Å²) in [5, 5.41) is 8.18. The molecule has 4 aromatic rings.